The Bertz CT molecular complexity index is 177. The molecule has 2 unspecified atom stereocenters. The van der Waals surface area contributed by atoms with Gasteiger partial charge in [-0.3, -0.25) is 4.90 Å². The topological polar surface area (TPSA) is 35.5 Å². The summed E-state index contributed by atoms with van der Waals surface area (Å²) in [5.74, 6) is 0. The van der Waals surface area contributed by atoms with Gasteiger partial charge in [0.1, 0.15) is 0 Å². The van der Waals surface area contributed by atoms with E-state index in [-0.39, 0.29) is 18.2 Å². The van der Waals surface area contributed by atoms with Crippen molar-refractivity contribution < 1.29 is 5.11 Å². The monoisotopic (exact) mass is 200 g/mol. The van der Waals surface area contributed by atoms with E-state index in [0.717, 1.165) is 19.5 Å². The van der Waals surface area contributed by atoms with Crippen molar-refractivity contribution in [1.29, 1.82) is 0 Å². The Labute approximate surface area is 87.5 Å². The summed E-state index contributed by atoms with van der Waals surface area (Å²) >= 11 is 0. The van der Waals surface area contributed by atoms with E-state index in [4.69, 9.17) is 0 Å². The second-order valence-electron chi connectivity index (χ2n) is 5.35. The summed E-state index contributed by atoms with van der Waals surface area (Å²) in [6, 6.07) is 0.742. The van der Waals surface area contributed by atoms with E-state index < -0.39 is 0 Å². The van der Waals surface area contributed by atoms with Crippen molar-refractivity contribution in [3.8, 4) is 0 Å². The molecular formula is C11H24N2O. The molecule has 0 bridgehead atoms. The molecule has 1 fully saturated rings. The van der Waals surface area contributed by atoms with Crippen molar-refractivity contribution in [2.75, 3.05) is 19.7 Å². The van der Waals surface area contributed by atoms with Crippen LogP contribution in [0.5, 0.6) is 0 Å². The fraction of sp³-hybridized carbons (Fsp3) is 1.00. The lowest BCUT2D eigenvalue weighted by molar-refractivity contribution is 0.118. The van der Waals surface area contributed by atoms with Crippen LogP contribution in [-0.4, -0.2) is 47.3 Å². The Hall–Kier alpha value is -0.120. The van der Waals surface area contributed by atoms with Gasteiger partial charge in [-0.1, -0.05) is 0 Å². The summed E-state index contributed by atoms with van der Waals surface area (Å²) in [4.78, 5) is 2.45. The van der Waals surface area contributed by atoms with Gasteiger partial charge in [0.05, 0.1) is 6.61 Å². The van der Waals surface area contributed by atoms with Gasteiger partial charge in [0, 0.05) is 30.7 Å². The lowest BCUT2D eigenvalue weighted by Gasteiger charge is -2.35. The van der Waals surface area contributed by atoms with E-state index in [1.165, 1.54) is 0 Å². The lowest BCUT2D eigenvalue weighted by Crippen LogP contribution is -2.48. The molecule has 2 atom stereocenters. The average molecular weight is 200 g/mol. The van der Waals surface area contributed by atoms with E-state index in [9.17, 15) is 5.11 Å². The summed E-state index contributed by atoms with van der Waals surface area (Å²) < 4.78 is 0. The first-order valence-corrected chi connectivity index (χ1v) is 5.55. The summed E-state index contributed by atoms with van der Waals surface area (Å²) in [5, 5.41) is 12.7. The van der Waals surface area contributed by atoms with Crippen LogP contribution in [0.25, 0.3) is 0 Å². The zero-order chi connectivity index (χ0) is 10.8. The number of hydrogen-bond donors (Lipinski definition) is 2. The van der Waals surface area contributed by atoms with Crippen molar-refractivity contribution >= 4 is 0 Å². The molecule has 3 heteroatoms. The van der Waals surface area contributed by atoms with Crippen LogP contribution in [0, 0.1) is 0 Å². The standard InChI is InChI=1S/C11H24N2O/c1-9-5-6-13(11(2,3)4)7-10(8-14)12-9/h9-10,12,14H,5-8H2,1-4H3. The van der Waals surface area contributed by atoms with Crippen LogP contribution >= 0.6 is 0 Å². The van der Waals surface area contributed by atoms with E-state index in [2.05, 4.69) is 37.9 Å². The molecule has 0 saturated carbocycles. The highest BCUT2D eigenvalue weighted by molar-refractivity contribution is 4.86. The molecule has 1 saturated heterocycles. The minimum Gasteiger partial charge on any atom is -0.395 e. The SMILES string of the molecule is CC1CCN(C(C)(C)C)CC(CO)N1. The number of nitrogens with zero attached hydrogens (tertiary/aromatic N) is 1. The van der Waals surface area contributed by atoms with Crippen molar-refractivity contribution in [3.05, 3.63) is 0 Å². The van der Waals surface area contributed by atoms with Crippen LogP contribution in [0.3, 0.4) is 0 Å². The van der Waals surface area contributed by atoms with E-state index in [1.54, 1.807) is 0 Å². The maximum absolute atomic E-state index is 9.23. The molecule has 1 aliphatic rings. The zero-order valence-corrected chi connectivity index (χ0v) is 9.88. The zero-order valence-electron chi connectivity index (χ0n) is 9.88. The van der Waals surface area contributed by atoms with Gasteiger partial charge in [0.25, 0.3) is 0 Å². The number of hydrogen-bond acceptors (Lipinski definition) is 3. The van der Waals surface area contributed by atoms with Crippen LogP contribution in [0.4, 0.5) is 0 Å². The van der Waals surface area contributed by atoms with Crippen LogP contribution in [-0.2, 0) is 0 Å². The molecule has 14 heavy (non-hydrogen) atoms. The van der Waals surface area contributed by atoms with Gasteiger partial charge >= 0.3 is 0 Å². The predicted octanol–water partition coefficient (Wildman–Crippen LogP) is 0.830. The van der Waals surface area contributed by atoms with Crippen LogP contribution in [0.15, 0.2) is 0 Å². The van der Waals surface area contributed by atoms with Gasteiger partial charge in [-0.25, -0.2) is 0 Å². The maximum Gasteiger partial charge on any atom is 0.0597 e. The molecule has 0 spiro atoms. The van der Waals surface area contributed by atoms with Gasteiger partial charge in [0.15, 0.2) is 0 Å². The molecule has 0 aromatic rings. The van der Waals surface area contributed by atoms with Gasteiger partial charge < -0.3 is 10.4 Å². The highest BCUT2D eigenvalue weighted by Crippen LogP contribution is 2.17. The molecule has 0 radical (unpaired) electrons. The quantitative estimate of drug-likeness (QED) is 0.658. The third-order valence-corrected chi connectivity index (χ3v) is 2.96. The molecule has 2 N–H and O–H groups in total. The van der Waals surface area contributed by atoms with Crippen LogP contribution in [0.2, 0.25) is 0 Å². The van der Waals surface area contributed by atoms with Gasteiger partial charge in [0.2, 0.25) is 0 Å². The van der Waals surface area contributed by atoms with Crippen molar-refractivity contribution in [2.24, 2.45) is 0 Å². The van der Waals surface area contributed by atoms with Gasteiger partial charge in [-0.15, -0.1) is 0 Å². The van der Waals surface area contributed by atoms with Crippen molar-refractivity contribution in [1.82, 2.24) is 10.2 Å². The number of nitrogens with one attached hydrogen (secondary N) is 1. The Morgan fingerprint density at radius 3 is 2.57 bits per heavy atom. The lowest BCUT2D eigenvalue weighted by atomic mass is 10.0. The Morgan fingerprint density at radius 1 is 1.43 bits per heavy atom. The predicted molar refractivity (Wildman–Crippen MR) is 59.4 cm³/mol. The first-order valence-electron chi connectivity index (χ1n) is 5.55. The summed E-state index contributed by atoms with van der Waals surface area (Å²) in [6.07, 6.45) is 1.16. The first kappa shape index (κ1) is 12.0. The van der Waals surface area contributed by atoms with Gasteiger partial charge in [-0.2, -0.15) is 0 Å². The first-order chi connectivity index (χ1) is 6.43. The molecule has 0 amide bonds. The summed E-state index contributed by atoms with van der Waals surface area (Å²) in [5.41, 5.74) is 0.208. The fourth-order valence-corrected chi connectivity index (χ4v) is 1.96. The average Bonchev–Trinajstić information content (AvgIpc) is 2.25. The van der Waals surface area contributed by atoms with E-state index >= 15 is 0 Å². The molecule has 1 heterocycles. The Balaban J connectivity index is 2.62. The maximum atomic E-state index is 9.23. The number of aliphatic hydroxyl groups excluding tert-OH is 1. The largest absolute Gasteiger partial charge is 0.395 e. The third-order valence-electron chi connectivity index (χ3n) is 2.96. The van der Waals surface area contributed by atoms with Crippen molar-refractivity contribution in [3.63, 3.8) is 0 Å². The number of aliphatic hydroxyl groups is 1. The van der Waals surface area contributed by atoms with E-state index in [0.29, 0.717) is 6.04 Å². The number of rotatable bonds is 1. The highest BCUT2D eigenvalue weighted by Gasteiger charge is 2.27. The minimum absolute atomic E-state index is 0.208. The Kier molecular flexibility index (Phi) is 3.93. The molecule has 0 aromatic heterocycles. The van der Waals surface area contributed by atoms with Crippen LogP contribution in [0.1, 0.15) is 34.1 Å². The van der Waals surface area contributed by atoms with Crippen molar-refractivity contribution in [2.45, 2.75) is 51.7 Å². The minimum atomic E-state index is 0.208. The smallest absolute Gasteiger partial charge is 0.0597 e. The normalized spacial score (nSPS) is 31.5. The summed E-state index contributed by atoms with van der Waals surface area (Å²) in [6.45, 7) is 11.2. The second kappa shape index (κ2) is 4.60. The molecule has 1 aliphatic heterocycles. The molecule has 0 aliphatic carbocycles. The summed E-state index contributed by atoms with van der Waals surface area (Å²) in [7, 11) is 0. The second-order valence-corrected chi connectivity index (χ2v) is 5.35. The van der Waals surface area contributed by atoms with Crippen LogP contribution < -0.4 is 5.32 Å². The third kappa shape index (κ3) is 3.23. The molecule has 1 rings (SSSR count). The molecule has 0 aromatic carbocycles. The fourth-order valence-electron chi connectivity index (χ4n) is 1.96. The molecule has 3 nitrogen and oxygen atoms in total. The van der Waals surface area contributed by atoms with E-state index in [1.807, 2.05) is 0 Å². The van der Waals surface area contributed by atoms with Gasteiger partial charge in [-0.05, 0) is 34.1 Å². The highest BCUT2D eigenvalue weighted by atomic mass is 16.3. The Morgan fingerprint density at radius 2 is 2.07 bits per heavy atom. The molecular weight excluding hydrogens is 176 g/mol. The molecule has 84 valence electrons.